The van der Waals surface area contributed by atoms with Crippen molar-refractivity contribution in [2.45, 2.75) is 6.42 Å². The number of nitrogens with zero attached hydrogens (tertiary/aromatic N) is 2. The van der Waals surface area contributed by atoms with E-state index in [1.165, 1.54) is 0 Å². The quantitative estimate of drug-likeness (QED) is 0.848. The van der Waals surface area contributed by atoms with E-state index < -0.39 is 0 Å². The van der Waals surface area contributed by atoms with Crippen molar-refractivity contribution in [2.75, 3.05) is 32.2 Å². The molecule has 0 fully saturated rings. The number of pyridine rings is 1. The number of aromatic nitrogens is 1. The van der Waals surface area contributed by atoms with Crippen molar-refractivity contribution >= 4 is 11.5 Å². The van der Waals surface area contributed by atoms with Crippen LogP contribution in [0.25, 0.3) is 0 Å². The van der Waals surface area contributed by atoms with E-state index in [-0.39, 0.29) is 0 Å². The molecule has 0 unspecified atom stereocenters. The first-order valence-corrected chi connectivity index (χ1v) is 6.90. The van der Waals surface area contributed by atoms with E-state index in [0.29, 0.717) is 6.54 Å². The minimum Gasteiger partial charge on any atom is -0.495 e. The predicted octanol–water partition coefficient (Wildman–Crippen LogP) is 2.59. The molecule has 2 N–H and O–H groups in total. The Morgan fingerprint density at radius 1 is 1.10 bits per heavy atom. The number of para-hydroxylation sites is 2. The summed E-state index contributed by atoms with van der Waals surface area (Å²) in [7, 11) is 3.30. The third-order valence-electron chi connectivity index (χ3n) is 3.19. The number of rotatable bonds is 7. The van der Waals surface area contributed by atoms with E-state index in [4.69, 9.17) is 15.2 Å². The molecule has 0 bridgehead atoms. The maximum Gasteiger partial charge on any atom is 0.142 e. The van der Waals surface area contributed by atoms with E-state index in [1.54, 1.807) is 20.4 Å². The largest absolute Gasteiger partial charge is 0.495 e. The molecule has 2 aromatic rings. The molecule has 1 aromatic heterocycles. The summed E-state index contributed by atoms with van der Waals surface area (Å²) in [6.45, 7) is 1.40. The number of hydrogen-bond donors (Lipinski definition) is 1. The van der Waals surface area contributed by atoms with Gasteiger partial charge in [0.15, 0.2) is 0 Å². The fourth-order valence-electron chi connectivity index (χ4n) is 2.11. The van der Waals surface area contributed by atoms with E-state index in [9.17, 15) is 0 Å². The molecule has 0 aliphatic rings. The molecule has 0 aliphatic heterocycles. The van der Waals surface area contributed by atoms with E-state index in [1.807, 2.05) is 36.4 Å². The lowest BCUT2D eigenvalue weighted by molar-refractivity contribution is 0.412. The first-order valence-electron chi connectivity index (χ1n) is 6.90. The molecular weight excluding hydrogens is 266 g/mol. The highest BCUT2D eigenvalue weighted by atomic mass is 16.5. The van der Waals surface area contributed by atoms with Crippen LogP contribution < -0.4 is 20.1 Å². The zero-order valence-corrected chi connectivity index (χ0v) is 12.5. The molecule has 21 heavy (non-hydrogen) atoms. The van der Waals surface area contributed by atoms with Gasteiger partial charge in [-0.05, 0) is 37.2 Å². The Bertz CT molecular complexity index is 558. The maximum atomic E-state index is 5.65. The molecule has 0 radical (unpaired) electrons. The van der Waals surface area contributed by atoms with Crippen LogP contribution in [-0.4, -0.2) is 32.3 Å². The van der Waals surface area contributed by atoms with Gasteiger partial charge in [0.25, 0.3) is 0 Å². The van der Waals surface area contributed by atoms with Crippen molar-refractivity contribution in [3.05, 3.63) is 42.6 Å². The van der Waals surface area contributed by atoms with Crippen LogP contribution in [0.4, 0.5) is 11.5 Å². The summed E-state index contributed by atoms with van der Waals surface area (Å²) in [5, 5.41) is 0. The zero-order chi connectivity index (χ0) is 15.1. The third-order valence-corrected chi connectivity index (χ3v) is 3.19. The Morgan fingerprint density at radius 2 is 1.90 bits per heavy atom. The molecule has 0 atom stereocenters. The second-order valence-corrected chi connectivity index (χ2v) is 4.52. The lowest BCUT2D eigenvalue weighted by Crippen LogP contribution is -2.22. The summed E-state index contributed by atoms with van der Waals surface area (Å²) in [5.74, 6) is 2.39. The van der Waals surface area contributed by atoms with Crippen molar-refractivity contribution < 1.29 is 9.47 Å². The molecule has 0 saturated heterocycles. The van der Waals surface area contributed by atoms with Gasteiger partial charge in [-0.15, -0.1) is 0 Å². The number of ether oxygens (including phenoxy) is 2. The molecule has 0 spiro atoms. The van der Waals surface area contributed by atoms with Crippen LogP contribution in [0.2, 0.25) is 0 Å². The lowest BCUT2D eigenvalue weighted by atomic mass is 10.2. The van der Waals surface area contributed by atoms with Crippen LogP contribution in [0.5, 0.6) is 11.5 Å². The summed E-state index contributed by atoms with van der Waals surface area (Å²) < 4.78 is 10.6. The summed E-state index contributed by atoms with van der Waals surface area (Å²) >= 11 is 0. The molecule has 0 aliphatic carbocycles. The number of benzene rings is 1. The molecule has 1 heterocycles. The monoisotopic (exact) mass is 287 g/mol. The van der Waals surface area contributed by atoms with Gasteiger partial charge in [-0.2, -0.15) is 0 Å². The Morgan fingerprint density at radius 3 is 2.52 bits per heavy atom. The average molecular weight is 287 g/mol. The Balaban J connectivity index is 2.36. The van der Waals surface area contributed by atoms with Crippen molar-refractivity contribution in [3.63, 3.8) is 0 Å². The van der Waals surface area contributed by atoms with Crippen LogP contribution in [-0.2, 0) is 0 Å². The summed E-state index contributed by atoms with van der Waals surface area (Å²) in [6.07, 6.45) is 2.58. The third kappa shape index (κ3) is 3.64. The van der Waals surface area contributed by atoms with Gasteiger partial charge in [-0.3, -0.25) is 0 Å². The van der Waals surface area contributed by atoms with Crippen LogP contribution in [0.3, 0.4) is 0 Å². The highest BCUT2D eigenvalue weighted by molar-refractivity contribution is 5.67. The Kier molecular flexibility index (Phi) is 5.40. The standard InChI is InChI=1S/C16H21N3O2/c1-20-13-8-9-16(18-12-13)19(11-5-10-17)14-6-3-4-7-15(14)21-2/h3-4,6-9,12H,5,10-11,17H2,1-2H3. The maximum absolute atomic E-state index is 5.65. The number of hydrogen-bond acceptors (Lipinski definition) is 5. The van der Waals surface area contributed by atoms with Gasteiger partial charge in [0.1, 0.15) is 17.3 Å². The molecule has 0 saturated carbocycles. The lowest BCUT2D eigenvalue weighted by Gasteiger charge is -2.25. The SMILES string of the molecule is COc1ccc(N(CCCN)c2ccccc2OC)nc1. The fourth-order valence-corrected chi connectivity index (χ4v) is 2.11. The smallest absolute Gasteiger partial charge is 0.142 e. The molecule has 5 heteroatoms. The molecule has 112 valence electrons. The second-order valence-electron chi connectivity index (χ2n) is 4.52. The van der Waals surface area contributed by atoms with Gasteiger partial charge in [0.2, 0.25) is 0 Å². The van der Waals surface area contributed by atoms with Gasteiger partial charge >= 0.3 is 0 Å². The summed E-state index contributed by atoms with van der Waals surface area (Å²) in [4.78, 5) is 6.56. The minimum absolute atomic E-state index is 0.627. The van der Waals surface area contributed by atoms with Gasteiger partial charge in [0.05, 0.1) is 26.1 Å². The van der Waals surface area contributed by atoms with Gasteiger partial charge in [-0.25, -0.2) is 4.98 Å². The first-order chi connectivity index (χ1) is 10.3. The molecular formula is C16H21N3O2. The molecule has 5 nitrogen and oxygen atoms in total. The minimum atomic E-state index is 0.627. The highest BCUT2D eigenvalue weighted by Gasteiger charge is 2.14. The molecule has 2 rings (SSSR count). The Labute approximate surface area is 125 Å². The van der Waals surface area contributed by atoms with Crippen LogP contribution in [0.15, 0.2) is 42.6 Å². The normalized spacial score (nSPS) is 10.2. The van der Waals surface area contributed by atoms with Gasteiger partial charge in [0, 0.05) is 6.54 Å². The Hall–Kier alpha value is -2.27. The average Bonchev–Trinajstić information content (AvgIpc) is 2.56. The van der Waals surface area contributed by atoms with Crippen LogP contribution >= 0.6 is 0 Å². The number of nitrogens with two attached hydrogens (primary N) is 1. The van der Waals surface area contributed by atoms with E-state index in [2.05, 4.69) is 9.88 Å². The molecule has 1 aromatic carbocycles. The van der Waals surface area contributed by atoms with Crippen molar-refractivity contribution in [2.24, 2.45) is 5.73 Å². The zero-order valence-electron chi connectivity index (χ0n) is 12.5. The van der Waals surface area contributed by atoms with Gasteiger partial charge < -0.3 is 20.1 Å². The van der Waals surface area contributed by atoms with Crippen LogP contribution in [0.1, 0.15) is 6.42 Å². The van der Waals surface area contributed by atoms with E-state index >= 15 is 0 Å². The summed E-state index contributed by atoms with van der Waals surface area (Å²) in [5.41, 5.74) is 6.63. The number of anilines is 2. The van der Waals surface area contributed by atoms with Gasteiger partial charge in [-0.1, -0.05) is 12.1 Å². The fraction of sp³-hybridized carbons (Fsp3) is 0.312. The summed E-state index contributed by atoms with van der Waals surface area (Å²) in [6, 6.07) is 11.7. The first kappa shape index (κ1) is 15.1. The van der Waals surface area contributed by atoms with Crippen molar-refractivity contribution in [1.29, 1.82) is 0 Å². The van der Waals surface area contributed by atoms with E-state index in [0.717, 1.165) is 36.0 Å². The topological polar surface area (TPSA) is 60.6 Å². The van der Waals surface area contributed by atoms with Crippen LogP contribution in [0, 0.1) is 0 Å². The molecule has 0 amide bonds. The van der Waals surface area contributed by atoms with Crippen molar-refractivity contribution in [3.8, 4) is 11.5 Å². The van der Waals surface area contributed by atoms with Crippen molar-refractivity contribution in [1.82, 2.24) is 4.98 Å². The predicted molar refractivity (Wildman–Crippen MR) is 84.5 cm³/mol. The number of methoxy groups -OCH3 is 2. The highest BCUT2D eigenvalue weighted by Crippen LogP contribution is 2.33. The second kappa shape index (κ2) is 7.50.